The van der Waals surface area contributed by atoms with E-state index < -0.39 is 0 Å². The molecule has 0 aromatic heterocycles. The third-order valence-corrected chi connectivity index (χ3v) is 6.34. The Morgan fingerprint density at radius 2 is 1.80 bits per heavy atom. The van der Waals surface area contributed by atoms with Crippen LogP contribution in [0.4, 0.5) is 0 Å². The fourth-order valence-corrected chi connectivity index (χ4v) is 4.44. The summed E-state index contributed by atoms with van der Waals surface area (Å²) in [4.78, 5) is 28.0. The number of carbonyl (C=O) groups is 2. The monoisotopic (exact) mass is 424 g/mol. The average Bonchev–Trinajstić information content (AvgIpc) is 2.73. The normalized spacial score (nSPS) is 20.0. The number of nitrogens with zero attached hydrogens (tertiary/aromatic N) is 1. The standard InChI is InChI=1S/C25H32N2O2S/c1-18-6-5-7-19(16-18)17-22(24(29)27-12-14-30-15-13-27)26-23(28)20-8-10-21(11-9-20)25(2,3)4/h5,7-11,16-18H,6,12-15H2,1-4H3,(H,26,28)/b22-17+. The molecular formula is C25H32N2O2S. The summed E-state index contributed by atoms with van der Waals surface area (Å²) in [5.41, 5.74) is 3.06. The lowest BCUT2D eigenvalue weighted by molar-refractivity contribution is -0.127. The first-order valence-corrected chi connectivity index (χ1v) is 11.8. The molecule has 4 nitrogen and oxygen atoms in total. The van der Waals surface area contributed by atoms with Gasteiger partial charge in [0.05, 0.1) is 0 Å². The number of nitrogens with one attached hydrogen (secondary N) is 1. The molecule has 30 heavy (non-hydrogen) atoms. The molecule has 1 aliphatic carbocycles. The van der Waals surface area contributed by atoms with E-state index in [1.165, 1.54) is 5.56 Å². The maximum absolute atomic E-state index is 13.2. The molecule has 0 bridgehead atoms. The molecule has 1 unspecified atom stereocenters. The summed E-state index contributed by atoms with van der Waals surface area (Å²) in [5, 5.41) is 2.90. The van der Waals surface area contributed by atoms with Crippen molar-refractivity contribution in [2.75, 3.05) is 24.6 Å². The smallest absolute Gasteiger partial charge is 0.270 e. The zero-order chi connectivity index (χ0) is 21.7. The van der Waals surface area contributed by atoms with E-state index in [1.54, 1.807) is 0 Å². The van der Waals surface area contributed by atoms with Gasteiger partial charge in [-0.25, -0.2) is 0 Å². The van der Waals surface area contributed by atoms with Crippen LogP contribution in [-0.2, 0) is 10.2 Å². The van der Waals surface area contributed by atoms with Gasteiger partial charge in [-0.3, -0.25) is 9.59 Å². The molecule has 0 spiro atoms. The molecule has 3 rings (SSSR count). The lowest BCUT2D eigenvalue weighted by Crippen LogP contribution is -2.42. The van der Waals surface area contributed by atoms with Crippen molar-refractivity contribution in [1.82, 2.24) is 10.2 Å². The summed E-state index contributed by atoms with van der Waals surface area (Å²) in [6.07, 6.45) is 9.09. The van der Waals surface area contributed by atoms with Gasteiger partial charge in [0.25, 0.3) is 11.8 Å². The Hall–Kier alpha value is -2.27. The highest BCUT2D eigenvalue weighted by Gasteiger charge is 2.23. The first kappa shape index (κ1) is 22.4. The van der Waals surface area contributed by atoms with Crippen LogP contribution in [0.15, 0.2) is 59.8 Å². The van der Waals surface area contributed by atoms with Crippen LogP contribution in [-0.4, -0.2) is 41.3 Å². The molecule has 1 saturated heterocycles. The largest absolute Gasteiger partial charge is 0.336 e. The van der Waals surface area contributed by atoms with Gasteiger partial charge in [0.15, 0.2) is 0 Å². The quantitative estimate of drug-likeness (QED) is 0.713. The third kappa shape index (κ3) is 5.88. The van der Waals surface area contributed by atoms with Crippen molar-refractivity contribution in [2.24, 2.45) is 5.92 Å². The summed E-state index contributed by atoms with van der Waals surface area (Å²) in [7, 11) is 0. The van der Waals surface area contributed by atoms with Crippen molar-refractivity contribution < 1.29 is 9.59 Å². The molecule has 160 valence electrons. The minimum Gasteiger partial charge on any atom is -0.336 e. The molecule has 5 heteroatoms. The van der Waals surface area contributed by atoms with E-state index in [2.05, 4.69) is 45.2 Å². The van der Waals surface area contributed by atoms with Crippen molar-refractivity contribution in [1.29, 1.82) is 0 Å². The summed E-state index contributed by atoms with van der Waals surface area (Å²) < 4.78 is 0. The number of benzene rings is 1. The third-order valence-electron chi connectivity index (χ3n) is 5.40. The molecule has 1 fully saturated rings. The Morgan fingerprint density at radius 3 is 2.40 bits per heavy atom. The van der Waals surface area contributed by atoms with Gasteiger partial charge in [0, 0.05) is 30.2 Å². The Kier molecular flexibility index (Phi) is 7.24. The summed E-state index contributed by atoms with van der Waals surface area (Å²) in [6.45, 7) is 10.0. The van der Waals surface area contributed by atoms with Crippen LogP contribution in [0.5, 0.6) is 0 Å². The molecule has 1 aromatic rings. The molecule has 2 aliphatic rings. The minimum atomic E-state index is -0.255. The van der Waals surface area contributed by atoms with Crippen LogP contribution in [0, 0.1) is 5.92 Å². The van der Waals surface area contributed by atoms with Gasteiger partial charge < -0.3 is 10.2 Å². The molecular weight excluding hydrogens is 392 g/mol. The Morgan fingerprint density at radius 1 is 1.13 bits per heavy atom. The Balaban J connectivity index is 1.83. The molecule has 1 heterocycles. The first-order chi connectivity index (χ1) is 14.2. The summed E-state index contributed by atoms with van der Waals surface area (Å²) in [5.74, 6) is 1.92. The van der Waals surface area contributed by atoms with E-state index in [0.717, 1.165) is 23.5 Å². The van der Waals surface area contributed by atoms with E-state index >= 15 is 0 Å². The highest BCUT2D eigenvalue weighted by molar-refractivity contribution is 7.99. The number of allylic oxidation sites excluding steroid dienone is 5. The number of rotatable bonds is 4. The van der Waals surface area contributed by atoms with Crippen LogP contribution >= 0.6 is 11.8 Å². The maximum Gasteiger partial charge on any atom is 0.270 e. The molecule has 1 atom stereocenters. The van der Waals surface area contributed by atoms with Crippen LogP contribution in [0.1, 0.15) is 50.0 Å². The van der Waals surface area contributed by atoms with Crippen LogP contribution in [0.25, 0.3) is 0 Å². The fraction of sp³-hybridized carbons (Fsp3) is 0.440. The first-order valence-electron chi connectivity index (χ1n) is 10.6. The van der Waals surface area contributed by atoms with E-state index in [1.807, 2.05) is 53.1 Å². The van der Waals surface area contributed by atoms with Crippen molar-refractivity contribution in [3.05, 3.63) is 71.0 Å². The Bertz CT molecular complexity index is 869. The number of thioether (sulfide) groups is 1. The second-order valence-corrected chi connectivity index (χ2v) is 10.3. The Labute approximate surface area is 184 Å². The zero-order valence-corrected chi connectivity index (χ0v) is 19.2. The van der Waals surface area contributed by atoms with Gasteiger partial charge >= 0.3 is 0 Å². The summed E-state index contributed by atoms with van der Waals surface area (Å²) in [6, 6.07) is 7.63. The molecule has 1 aliphatic heterocycles. The second-order valence-electron chi connectivity index (χ2n) is 9.03. The van der Waals surface area contributed by atoms with E-state index in [0.29, 0.717) is 30.3 Å². The van der Waals surface area contributed by atoms with Crippen LogP contribution < -0.4 is 5.32 Å². The van der Waals surface area contributed by atoms with Gasteiger partial charge in [-0.05, 0) is 47.1 Å². The zero-order valence-electron chi connectivity index (χ0n) is 18.4. The van der Waals surface area contributed by atoms with Crippen molar-refractivity contribution >= 4 is 23.6 Å². The van der Waals surface area contributed by atoms with E-state index in [4.69, 9.17) is 0 Å². The highest BCUT2D eigenvalue weighted by atomic mass is 32.2. The predicted molar refractivity (Wildman–Crippen MR) is 126 cm³/mol. The van der Waals surface area contributed by atoms with Gasteiger partial charge in [-0.2, -0.15) is 11.8 Å². The van der Waals surface area contributed by atoms with Gasteiger partial charge in [-0.15, -0.1) is 0 Å². The van der Waals surface area contributed by atoms with Crippen molar-refractivity contribution in [3.8, 4) is 0 Å². The topological polar surface area (TPSA) is 49.4 Å². The SMILES string of the molecule is CC1C=C(/C=C(/NC(=O)c2ccc(C(C)(C)C)cc2)C(=O)N2CCSCC2)C=CC1. The van der Waals surface area contributed by atoms with Crippen molar-refractivity contribution in [3.63, 3.8) is 0 Å². The van der Waals surface area contributed by atoms with Gasteiger partial charge in [-0.1, -0.05) is 58.1 Å². The number of amides is 2. The minimum absolute atomic E-state index is 0.0266. The van der Waals surface area contributed by atoms with E-state index in [9.17, 15) is 9.59 Å². The van der Waals surface area contributed by atoms with Gasteiger partial charge in [0.2, 0.25) is 0 Å². The van der Waals surface area contributed by atoms with E-state index in [-0.39, 0.29) is 17.2 Å². The second kappa shape index (κ2) is 9.69. The number of hydrogen-bond acceptors (Lipinski definition) is 3. The number of hydrogen-bond donors (Lipinski definition) is 1. The summed E-state index contributed by atoms with van der Waals surface area (Å²) >= 11 is 1.85. The van der Waals surface area contributed by atoms with Crippen LogP contribution in [0.3, 0.4) is 0 Å². The lowest BCUT2D eigenvalue weighted by Gasteiger charge is -2.27. The average molecular weight is 425 g/mol. The van der Waals surface area contributed by atoms with Crippen molar-refractivity contribution in [2.45, 2.75) is 39.5 Å². The molecule has 0 radical (unpaired) electrons. The molecule has 2 amide bonds. The predicted octanol–water partition coefficient (Wildman–Crippen LogP) is 4.70. The molecule has 1 aromatic carbocycles. The molecule has 0 saturated carbocycles. The molecule has 1 N–H and O–H groups in total. The maximum atomic E-state index is 13.2. The van der Waals surface area contributed by atoms with Crippen LogP contribution in [0.2, 0.25) is 0 Å². The lowest BCUT2D eigenvalue weighted by atomic mass is 9.86. The highest BCUT2D eigenvalue weighted by Crippen LogP contribution is 2.23. The fourth-order valence-electron chi connectivity index (χ4n) is 3.54. The number of carbonyl (C=O) groups excluding carboxylic acids is 2. The van der Waals surface area contributed by atoms with Gasteiger partial charge in [0.1, 0.15) is 5.70 Å².